The molecule has 4 aromatic rings. The van der Waals surface area contributed by atoms with Gasteiger partial charge in [-0.3, -0.25) is 4.79 Å². The van der Waals surface area contributed by atoms with Gasteiger partial charge < -0.3 is 10.1 Å². The Morgan fingerprint density at radius 2 is 2.07 bits per heavy atom. The molecule has 1 aliphatic rings. The van der Waals surface area contributed by atoms with Gasteiger partial charge in [-0.2, -0.15) is 9.78 Å². The number of fused-ring (bicyclic) bond motifs is 2. The lowest BCUT2D eigenvalue weighted by Crippen LogP contribution is -2.24. The summed E-state index contributed by atoms with van der Waals surface area (Å²) in [5.41, 5.74) is 3.49. The minimum absolute atomic E-state index is 0.0993. The SMILES string of the molecule is CCOc1ccc2nc(-n3nc(C)c4c3NC(=O)CC4c3ccc(F)cc3)sc2c1. The molecule has 152 valence electrons. The zero-order valence-corrected chi connectivity index (χ0v) is 17.3. The molecule has 1 aliphatic heterocycles. The number of benzene rings is 2. The molecular formula is C22H19FN4O2S. The molecule has 0 bridgehead atoms. The fourth-order valence-corrected chi connectivity index (χ4v) is 4.86. The lowest BCUT2D eigenvalue weighted by molar-refractivity contribution is -0.116. The van der Waals surface area contributed by atoms with Crippen LogP contribution >= 0.6 is 11.3 Å². The lowest BCUT2D eigenvalue weighted by Gasteiger charge is -2.24. The minimum Gasteiger partial charge on any atom is -0.494 e. The summed E-state index contributed by atoms with van der Waals surface area (Å²) in [5, 5.41) is 8.32. The molecule has 1 unspecified atom stereocenters. The van der Waals surface area contributed by atoms with Crippen molar-refractivity contribution in [1.29, 1.82) is 0 Å². The van der Waals surface area contributed by atoms with E-state index in [1.54, 1.807) is 16.8 Å². The lowest BCUT2D eigenvalue weighted by atomic mass is 9.86. The van der Waals surface area contributed by atoms with E-state index in [1.165, 1.54) is 23.5 Å². The van der Waals surface area contributed by atoms with Crippen molar-refractivity contribution in [2.75, 3.05) is 11.9 Å². The van der Waals surface area contributed by atoms with Crippen LogP contribution in [0, 0.1) is 12.7 Å². The summed E-state index contributed by atoms with van der Waals surface area (Å²) in [6, 6.07) is 12.1. The maximum absolute atomic E-state index is 13.4. The molecule has 30 heavy (non-hydrogen) atoms. The van der Waals surface area contributed by atoms with E-state index in [4.69, 9.17) is 9.72 Å². The fraction of sp³-hybridized carbons (Fsp3) is 0.227. The Kier molecular flexibility index (Phi) is 4.51. The third-order valence-corrected chi connectivity index (χ3v) is 6.21. The normalized spacial score (nSPS) is 15.8. The maximum atomic E-state index is 13.4. The third-order valence-electron chi connectivity index (χ3n) is 5.22. The van der Waals surface area contributed by atoms with Gasteiger partial charge in [-0.15, -0.1) is 0 Å². The van der Waals surface area contributed by atoms with Crippen molar-refractivity contribution in [3.8, 4) is 10.9 Å². The first kappa shape index (κ1) is 18.7. The van der Waals surface area contributed by atoms with Crippen LogP contribution in [-0.4, -0.2) is 27.3 Å². The number of nitrogens with one attached hydrogen (secondary N) is 1. The first-order valence-electron chi connectivity index (χ1n) is 9.72. The van der Waals surface area contributed by atoms with Crippen LogP contribution in [0.5, 0.6) is 5.75 Å². The van der Waals surface area contributed by atoms with Gasteiger partial charge in [0.2, 0.25) is 11.0 Å². The summed E-state index contributed by atoms with van der Waals surface area (Å²) in [5.74, 6) is 0.845. The zero-order chi connectivity index (χ0) is 20.8. The highest BCUT2D eigenvalue weighted by atomic mass is 32.1. The van der Waals surface area contributed by atoms with Crippen LogP contribution in [0.25, 0.3) is 15.3 Å². The molecule has 5 rings (SSSR count). The molecule has 0 saturated carbocycles. The van der Waals surface area contributed by atoms with Crippen LogP contribution in [0.15, 0.2) is 42.5 Å². The topological polar surface area (TPSA) is 69.0 Å². The van der Waals surface area contributed by atoms with E-state index in [0.29, 0.717) is 24.0 Å². The Labute approximate surface area is 176 Å². The fourth-order valence-electron chi connectivity index (χ4n) is 3.91. The standard InChI is InChI=1S/C22H19FN4O2S/c1-3-29-15-8-9-17-18(10-15)30-22(24-17)27-21-20(12(2)26-27)16(11-19(28)25-21)13-4-6-14(23)7-5-13/h4-10,16H,3,11H2,1-2H3,(H,25,28). The van der Waals surface area contributed by atoms with E-state index < -0.39 is 0 Å². The number of aromatic nitrogens is 3. The summed E-state index contributed by atoms with van der Waals surface area (Å²) < 4.78 is 21.7. The first-order chi connectivity index (χ1) is 14.5. The second-order valence-electron chi connectivity index (χ2n) is 7.17. The molecule has 0 aliphatic carbocycles. The highest BCUT2D eigenvalue weighted by Gasteiger charge is 2.33. The number of aryl methyl sites for hydroxylation is 1. The van der Waals surface area contributed by atoms with Gasteiger partial charge >= 0.3 is 0 Å². The molecule has 2 aromatic heterocycles. The van der Waals surface area contributed by atoms with E-state index in [0.717, 1.165) is 32.8 Å². The largest absolute Gasteiger partial charge is 0.494 e. The second kappa shape index (κ2) is 7.21. The van der Waals surface area contributed by atoms with Crippen molar-refractivity contribution in [3.05, 3.63) is 65.1 Å². The quantitative estimate of drug-likeness (QED) is 0.513. The number of thiazole rings is 1. The number of carbonyl (C=O) groups excluding carboxylic acids is 1. The molecule has 1 amide bonds. The van der Waals surface area contributed by atoms with E-state index in [9.17, 15) is 9.18 Å². The van der Waals surface area contributed by atoms with Gasteiger partial charge in [0.15, 0.2) is 0 Å². The van der Waals surface area contributed by atoms with Gasteiger partial charge in [0.25, 0.3) is 0 Å². The Balaban J connectivity index is 1.61. The van der Waals surface area contributed by atoms with Crippen LogP contribution in [0.2, 0.25) is 0 Å². The van der Waals surface area contributed by atoms with Crippen molar-refractivity contribution in [3.63, 3.8) is 0 Å². The summed E-state index contributed by atoms with van der Waals surface area (Å²) >= 11 is 1.49. The van der Waals surface area contributed by atoms with Crippen molar-refractivity contribution in [2.24, 2.45) is 0 Å². The van der Waals surface area contributed by atoms with E-state index in [1.807, 2.05) is 32.0 Å². The highest BCUT2D eigenvalue weighted by molar-refractivity contribution is 7.20. The Morgan fingerprint density at radius 3 is 2.83 bits per heavy atom. The van der Waals surface area contributed by atoms with Crippen LogP contribution in [-0.2, 0) is 4.79 Å². The molecule has 0 radical (unpaired) electrons. The molecule has 3 heterocycles. The average Bonchev–Trinajstić information content (AvgIpc) is 3.29. The van der Waals surface area contributed by atoms with Gasteiger partial charge in [0.05, 0.1) is 22.5 Å². The number of carbonyl (C=O) groups is 1. The summed E-state index contributed by atoms with van der Waals surface area (Å²) in [7, 11) is 0. The number of ether oxygens (including phenoxy) is 1. The molecular weight excluding hydrogens is 403 g/mol. The molecule has 1 atom stereocenters. The maximum Gasteiger partial charge on any atom is 0.226 e. The zero-order valence-electron chi connectivity index (χ0n) is 16.5. The number of amides is 1. The number of hydrogen-bond acceptors (Lipinski definition) is 5. The predicted octanol–water partition coefficient (Wildman–Crippen LogP) is 4.80. The van der Waals surface area contributed by atoms with Crippen LogP contribution in [0.3, 0.4) is 0 Å². The van der Waals surface area contributed by atoms with E-state index in [2.05, 4.69) is 10.4 Å². The smallest absolute Gasteiger partial charge is 0.226 e. The van der Waals surface area contributed by atoms with Gasteiger partial charge in [0, 0.05) is 17.9 Å². The van der Waals surface area contributed by atoms with Gasteiger partial charge in [0.1, 0.15) is 17.4 Å². The van der Waals surface area contributed by atoms with Gasteiger partial charge in [-0.1, -0.05) is 23.5 Å². The first-order valence-corrected chi connectivity index (χ1v) is 10.5. The van der Waals surface area contributed by atoms with Crippen LogP contribution in [0.4, 0.5) is 10.2 Å². The number of hydrogen-bond donors (Lipinski definition) is 1. The Bertz CT molecular complexity index is 1260. The summed E-state index contributed by atoms with van der Waals surface area (Å²) in [4.78, 5) is 17.2. The predicted molar refractivity (Wildman–Crippen MR) is 114 cm³/mol. The summed E-state index contributed by atoms with van der Waals surface area (Å²) in [6.07, 6.45) is 0.294. The number of halogens is 1. The minimum atomic E-state index is -0.299. The molecule has 2 aromatic carbocycles. The van der Waals surface area contributed by atoms with E-state index >= 15 is 0 Å². The van der Waals surface area contributed by atoms with Gasteiger partial charge in [-0.05, 0) is 49.7 Å². The summed E-state index contributed by atoms with van der Waals surface area (Å²) in [6.45, 7) is 4.46. The Morgan fingerprint density at radius 1 is 1.27 bits per heavy atom. The highest BCUT2D eigenvalue weighted by Crippen LogP contribution is 2.41. The molecule has 0 saturated heterocycles. The van der Waals surface area contributed by atoms with Crippen molar-refractivity contribution in [1.82, 2.24) is 14.8 Å². The molecule has 0 fully saturated rings. The Hall–Kier alpha value is -3.26. The van der Waals surface area contributed by atoms with E-state index in [-0.39, 0.29) is 17.6 Å². The monoisotopic (exact) mass is 422 g/mol. The molecule has 6 nitrogen and oxygen atoms in total. The number of nitrogens with zero attached hydrogens (tertiary/aromatic N) is 3. The van der Waals surface area contributed by atoms with Crippen molar-refractivity contribution in [2.45, 2.75) is 26.2 Å². The average molecular weight is 422 g/mol. The number of rotatable bonds is 4. The van der Waals surface area contributed by atoms with Crippen molar-refractivity contribution < 1.29 is 13.9 Å². The second-order valence-corrected chi connectivity index (χ2v) is 8.18. The number of anilines is 1. The molecule has 1 N–H and O–H groups in total. The third kappa shape index (κ3) is 3.13. The van der Waals surface area contributed by atoms with Crippen LogP contribution in [0.1, 0.15) is 36.1 Å². The molecule has 0 spiro atoms. The van der Waals surface area contributed by atoms with Crippen molar-refractivity contribution >= 4 is 33.3 Å². The van der Waals surface area contributed by atoms with Crippen LogP contribution < -0.4 is 10.1 Å². The molecule has 8 heteroatoms. The van der Waals surface area contributed by atoms with Gasteiger partial charge in [-0.25, -0.2) is 9.37 Å².